The predicted octanol–water partition coefficient (Wildman–Crippen LogP) is 2.49. The van der Waals surface area contributed by atoms with Crippen LogP contribution in [0.25, 0.3) is 0 Å². The molecule has 1 aliphatic carbocycles. The summed E-state index contributed by atoms with van der Waals surface area (Å²) in [7, 11) is 0. The van der Waals surface area contributed by atoms with Crippen LogP contribution in [0.5, 0.6) is 5.75 Å². The molecule has 2 atom stereocenters. The first-order chi connectivity index (χ1) is 12.2. The minimum absolute atomic E-state index is 0.0422. The van der Waals surface area contributed by atoms with Gasteiger partial charge in [0.25, 0.3) is 5.91 Å². The summed E-state index contributed by atoms with van der Waals surface area (Å²) in [5, 5.41) is 3.14. The lowest BCUT2D eigenvalue weighted by atomic mass is 10.1. The van der Waals surface area contributed by atoms with Crippen LogP contribution in [0.15, 0.2) is 36.7 Å². The van der Waals surface area contributed by atoms with Crippen LogP contribution in [0, 0.1) is 6.92 Å². The van der Waals surface area contributed by atoms with Crippen molar-refractivity contribution in [1.29, 1.82) is 0 Å². The van der Waals surface area contributed by atoms with E-state index >= 15 is 0 Å². The molecular weight excluding hydrogens is 318 g/mol. The lowest BCUT2D eigenvalue weighted by Gasteiger charge is -2.32. The lowest BCUT2D eigenvalue weighted by molar-refractivity contribution is -0.0137. The van der Waals surface area contributed by atoms with Gasteiger partial charge in [-0.05, 0) is 50.5 Å². The Hall–Kier alpha value is -2.34. The van der Waals surface area contributed by atoms with Gasteiger partial charge in [0.05, 0.1) is 18.8 Å². The molecule has 0 spiro atoms. The second kappa shape index (κ2) is 6.88. The summed E-state index contributed by atoms with van der Waals surface area (Å²) in [5.74, 6) is 0.654. The molecule has 1 N–H and O–H groups in total. The number of aromatic nitrogens is 2. The maximum Gasteiger partial charge on any atom is 0.268 e. The van der Waals surface area contributed by atoms with E-state index in [0.717, 1.165) is 30.7 Å². The average molecular weight is 341 g/mol. The number of carbonyl (C=O) groups excluding carboxylic acids is 1. The summed E-state index contributed by atoms with van der Waals surface area (Å²) in [6, 6.07) is 8.03. The fourth-order valence-corrected chi connectivity index (χ4v) is 3.19. The molecule has 0 radical (unpaired) electrons. The number of hydrogen-bond donors (Lipinski definition) is 1. The van der Waals surface area contributed by atoms with E-state index in [1.165, 1.54) is 0 Å². The highest BCUT2D eigenvalue weighted by Gasteiger charge is 2.31. The molecule has 4 rings (SSSR count). The highest BCUT2D eigenvalue weighted by molar-refractivity contribution is 5.93. The van der Waals surface area contributed by atoms with Crippen molar-refractivity contribution >= 4 is 5.91 Å². The second-order valence-electron chi connectivity index (χ2n) is 6.77. The number of hydrogen-bond acceptors (Lipinski definition) is 4. The number of nitrogens with zero attached hydrogens (tertiary/aromatic N) is 2. The Balaban J connectivity index is 1.44. The Kier molecular flexibility index (Phi) is 4.44. The first-order valence-corrected chi connectivity index (χ1v) is 8.85. The topological polar surface area (TPSA) is 65.4 Å². The molecule has 0 bridgehead atoms. The fourth-order valence-electron chi connectivity index (χ4n) is 3.19. The second-order valence-corrected chi connectivity index (χ2v) is 6.77. The third kappa shape index (κ3) is 3.69. The molecule has 2 aromatic rings. The van der Waals surface area contributed by atoms with E-state index in [1.54, 1.807) is 6.20 Å². The van der Waals surface area contributed by atoms with Gasteiger partial charge in [-0.3, -0.25) is 9.78 Å². The molecule has 3 heterocycles. The number of pyridine rings is 1. The van der Waals surface area contributed by atoms with Crippen LogP contribution >= 0.6 is 0 Å². The zero-order valence-electron chi connectivity index (χ0n) is 14.4. The van der Waals surface area contributed by atoms with Gasteiger partial charge < -0.3 is 19.4 Å². The van der Waals surface area contributed by atoms with Gasteiger partial charge in [0.15, 0.2) is 0 Å². The van der Waals surface area contributed by atoms with Gasteiger partial charge in [-0.25, -0.2) is 0 Å². The number of carbonyl (C=O) groups is 1. The highest BCUT2D eigenvalue weighted by atomic mass is 16.5. The van der Waals surface area contributed by atoms with Gasteiger partial charge >= 0.3 is 0 Å². The molecule has 132 valence electrons. The third-order valence-corrected chi connectivity index (χ3v) is 4.74. The quantitative estimate of drug-likeness (QED) is 0.907. The van der Waals surface area contributed by atoms with Gasteiger partial charge in [0.1, 0.15) is 17.5 Å². The molecule has 6 nitrogen and oxygen atoms in total. The number of aryl methyl sites for hydroxylation is 1. The first kappa shape index (κ1) is 16.1. The summed E-state index contributed by atoms with van der Waals surface area (Å²) in [5.41, 5.74) is 1.67. The molecule has 1 saturated heterocycles. The molecule has 25 heavy (non-hydrogen) atoms. The van der Waals surface area contributed by atoms with Crippen LogP contribution in [0.1, 0.15) is 41.5 Å². The molecular formula is C19H23N3O3. The van der Waals surface area contributed by atoms with Crippen molar-refractivity contribution < 1.29 is 14.3 Å². The maximum atomic E-state index is 12.7. The molecule has 2 aliphatic rings. The van der Waals surface area contributed by atoms with Gasteiger partial charge in [-0.15, -0.1) is 0 Å². The number of rotatable bonds is 5. The van der Waals surface area contributed by atoms with Crippen molar-refractivity contribution in [2.24, 2.45) is 0 Å². The number of ether oxygens (including phenoxy) is 2. The molecule has 6 heteroatoms. The summed E-state index contributed by atoms with van der Waals surface area (Å²) in [6.45, 7) is 3.02. The van der Waals surface area contributed by atoms with Crippen LogP contribution in [0.3, 0.4) is 0 Å². The molecule has 1 saturated carbocycles. The summed E-state index contributed by atoms with van der Waals surface area (Å²) >= 11 is 0. The maximum absolute atomic E-state index is 12.7. The van der Waals surface area contributed by atoms with Crippen molar-refractivity contribution in [2.45, 2.75) is 44.4 Å². The zero-order chi connectivity index (χ0) is 17.2. The standard InChI is InChI=1S/C19H23N3O3/c1-13-4-7-15(11-20-13)25-18-12-24-10-8-16(18)21-19(23)17-3-2-9-22(17)14-5-6-14/h2-4,7,9,11,14,16,18H,5-6,8,10,12H2,1H3,(H,21,23)/t16-,18+/m0/s1. The Morgan fingerprint density at radius 3 is 2.96 bits per heavy atom. The Bertz CT molecular complexity index is 737. The van der Waals surface area contributed by atoms with Gasteiger partial charge in [0, 0.05) is 24.5 Å². The van der Waals surface area contributed by atoms with E-state index in [2.05, 4.69) is 14.9 Å². The first-order valence-electron chi connectivity index (χ1n) is 8.85. The van der Waals surface area contributed by atoms with E-state index in [4.69, 9.17) is 9.47 Å². The summed E-state index contributed by atoms with van der Waals surface area (Å²) in [4.78, 5) is 17.0. The Labute approximate surface area is 147 Å². The minimum Gasteiger partial charge on any atom is -0.484 e. The van der Waals surface area contributed by atoms with Crippen molar-refractivity contribution in [3.63, 3.8) is 0 Å². The molecule has 0 unspecified atom stereocenters. The number of nitrogens with one attached hydrogen (secondary N) is 1. The van der Waals surface area contributed by atoms with E-state index in [-0.39, 0.29) is 18.1 Å². The Morgan fingerprint density at radius 1 is 1.32 bits per heavy atom. The highest BCUT2D eigenvalue weighted by Crippen LogP contribution is 2.36. The monoisotopic (exact) mass is 341 g/mol. The molecule has 2 aromatic heterocycles. The molecule has 2 fully saturated rings. The van der Waals surface area contributed by atoms with Crippen LogP contribution in [0.2, 0.25) is 0 Å². The average Bonchev–Trinajstić information content (AvgIpc) is 3.35. The normalized spacial score (nSPS) is 23.2. The van der Waals surface area contributed by atoms with E-state index in [1.807, 2.05) is 37.4 Å². The van der Waals surface area contributed by atoms with Gasteiger partial charge in [-0.1, -0.05) is 0 Å². The van der Waals surface area contributed by atoms with Crippen LogP contribution in [-0.4, -0.2) is 40.8 Å². The van der Waals surface area contributed by atoms with E-state index in [0.29, 0.717) is 25.0 Å². The van der Waals surface area contributed by atoms with Gasteiger partial charge in [0.2, 0.25) is 0 Å². The summed E-state index contributed by atoms with van der Waals surface area (Å²) < 4.78 is 13.7. The largest absolute Gasteiger partial charge is 0.484 e. The minimum atomic E-state index is -0.216. The van der Waals surface area contributed by atoms with Crippen LogP contribution in [-0.2, 0) is 4.74 Å². The summed E-state index contributed by atoms with van der Waals surface area (Å²) in [6.07, 6.45) is 6.52. The van der Waals surface area contributed by atoms with E-state index in [9.17, 15) is 4.79 Å². The van der Waals surface area contributed by atoms with Crippen molar-refractivity contribution in [1.82, 2.24) is 14.9 Å². The third-order valence-electron chi connectivity index (χ3n) is 4.74. The van der Waals surface area contributed by atoms with Crippen molar-refractivity contribution in [2.75, 3.05) is 13.2 Å². The van der Waals surface area contributed by atoms with Gasteiger partial charge in [-0.2, -0.15) is 0 Å². The lowest BCUT2D eigenvalue weighted by Crippen LogP contribution is -2.51. The van der Waals surface area contributed by atoms with Crippen LogP contribution in [0.4, 0.5) is 0 Å². The van der Waals surface area contributed by atoms with Crippen molar-refractivity contribution in [3.05, 3.63) is 48.0 Å². The van der Waals surface area contributed by atoms with Crippen LogP contribution < -0.4 is 10.1 Å². The van der Waals surface area contributed by atoms with E-state index < -0.39 is 0 Å². The Morgan fingerprint density at radius 2 is 2.20 bits per heavy atom. The predicted molar refractivity (Wildman–Crippen MR) is 92.8 cm³/mol. The fraction of sp³-hybridized carbons (Fsp3) is 0.474. The molecule has 0 aromatic carbocycles. The smallest absolute Gasteiger partial charge is 0.268 e. The SMILES string of the molecule is Cc1ccc(O[C@@H]2COCC[C@@H]2NC(=O)c2cccn2C2CC2)cn1. The zero-order valence-corrected chi connectivity index (χ0v) is 14.4. The molecule has 1 aliphatic heterocycles. The number of amides is 1. The van der Waals surface area contributed by atoms with Crippen molar-refractivity contribution in [3.8, 4) is 5.75 Å². The molecule has 1 amide bonds.